The Bertz CT molecular complexity index is 1400. The molecule has 3 aromatic heterocycles. The second-order valence-electron chi connectivity index (χ2n) is 8.21. The molecule has 1 saturated carbocycles. The van der Waals surface area contributed by atoms with Gasteiger partial charge in [-0.2, -0.15) is 30.6 Å². The molecule has 9 nitrogen and oxygen atoms in total. The van der Waals surface area contributed by atoms with Gasteiger partial charge in [0.05, 0.1) is 59.7 Å². The molecule has 0 radical (unpaired) electrons. The first-order chi connectivity index (χ1) is 15.6. The molecule has 4 aromatic rings. The summed E-state index contributed by atoms with van der Waals surface area (Å²) in [4.78, 5) is 6.13. The summed E-state index contributed by atoms with van der Waals surface area (Å²) in [5.74, 6) is -0.0731. The predicted octanol–water partition coefficient (Wildman–Crippen LogP) is 2.93. The summed E-state index contributed by atoms with van der Waals surface area (Å²) in [5, 5.41) is 42.7. The maximum absolute atomic E-state index is 9.53. The summed E-state index contributed by atoms with van der Waals surface area (Å²) >= 11 is 0. The number of benzene rings is 1. The van der Waals surface area contributed by atoms with E-state index in [0.29, 0.717) is 24.2 Å². The van der Waals surface area contributed by atoms with Gasteiger partial charge in [-0.15, -0.1) is 0 Å². The molecule has 0 unspecified atom stereocenters. The molecule has 32 heavy (non-hydrogen) atoms. The molecule has 1 N–H and O–H groups in total. The molecule has 3 heterocycles. The minimum Gasteiger partial charge on any atom is -0.390 e. The number of nitrogens with zero attached hydrogens (tertiary/aromatic N) is 8. The van der Waals surface area contributed by atoms with Gasteiger partial charge in [-0.25, -0.2) is 0 Å². The second kappa shape index (κ2) is 7.56. The number of rotatable bonds is 5. The maximum atomic E-state index is 9.53. The number of aliphatic hydroxyl groups excluding tert-OH is 1. The van der Waals surface area contributed by atoms with E-state index < -0.39 is 5.54 Å². The highest BCUT2D eigenvalue weighted by Gasteiger charge is 2.48. The summed E-state index contributed by atoms with van der Waals surface area (Å²) in [6, 6.07) is 14.2. The first-order valence-electron chi connectivity index (χ1n) is 10.3. The van der Waals surface area contributed by atoms with Crippen LogP contribution in [0.2, 0.25) is 0 Å². The van der Waals surface area contributed by atoms with Crippen LogP contribution in [0.1, 0.15) is 25.0 Å². The highest BCUT2D eigenvalue weighted by Crippen LogP contribution is 2.45. The quantitative estimate of drug-likeness (QED) is 0.521. The predicted molar refractivity (Wildman–Crippen MR) is 115 cm³/mol. The molecule has 0 atom stereocenters. The van der Waals surface area contributed by atoms with Crippen molar-refractivity contribution >= 4 is 10.9 Å². The first kappa shape index (κ1) is 19.9. The number of pyridine rings is 1. The Morgan fingerprint density at radius 2 is 2.03 bits per heavy atom. The van der Waals surface area contributed by atoms with Crippen molar-refractivity contribution < 1.29 is 5.11 Å². The van der Waals surface area contributed by atoms with Crippen LogP contribution in [0.15, 0.2) is 42.7 Å². The van der Waals surface area contributed by atoms with Crippen LogP contribution in [-0.4, -0.2) is 34.9 Å². The number of aromatic nitrogens is 6. The lowest BCUT2D eigenvalue weighted by Gasteiger charge is -2.42. The van der Waals surface area contributed by atoms with Crippen LogP contribution in [-0.2, 0) is 19.2 Å². The van der Waals surface area contributed by atoms with Gasteiger partial charge in [-0.1, -0.05) is 6.07 Å². The van der Waals surface area contributed by atoms with Gasteiger partial charge in [0.25, 0.3) is 0 Å². The highest BCUT2D eigenvalue weighted by molar-refractivity contribution is 5.96. The van der Waals surface area contributed by atoms with E-state index in [1.54, 1.807) is 28.9 Å². The van der Waals surface area contributed by atoms with Crippen LogP contribution in [0, 0.1) is 28.6 Å². The minimum absolute atomic E-state index is 0.0731. The van der Waals surface area contributed by atoms with Gasteiger partial charge in [-0.05, 0) is 37.1 Å². The molecule has 0 amide bonds. The van der Waals surface area contributed by atoms with E-state index in [1.807, 2.05) is 30.3 Å². The van der Waals surface area contributed by atoms with Gasteiger partial charge in [0.1, 0.15) is 5.69 Å². The zero-order valence-electron chi connectivity index (χ0n) is 17.5. The van der Waals surface area contributed by atoms with Crippen molar-refractivity contribution in [2.24, 2.45) is 13.0 Å². The molecule has 1 aliphatic rings. The van der Waals surface area contributed by atoms with Gasteiger partial charge in [0, 0.05) is 29.8 Å². The van der Waals surface area contributed by atoms with Crippen LogP contribution < -0.4 is 0 Å². The average Bonchev–Trinajstić information content (AvgIpc) is 3.42. The summed E-state index contributed by atoms with van der Waals surface area (Å²) in [6.07, 6.45) is 4.85. The molecule has 1 aliphatic carbocycles. The van der Waals surface area contributed by atoms with Crippen molar-refractivity contribution in [2.45, 2.75) is 31.4 Å². The van der Waals surface area contributed by atoms with Crippen LogP contribution in [0.25, 0.3) is 33.4 Å². The molecule has 0 aliphatic heterocycles. The van der Waals surface area contributed by atoms with Gasteiger partial charge in [-0.3, -0.25) is 9.67 Å². The SMILES string of the molecule is Cn1nc(-c2cc(-c3cnn([C@]4(CC#N)C[C@@H](C#N)C4)n3)c3cccnc3c2)cc1CO. The number of hydrogen-bond acceptors (Lipinski definition) is 7. The Kier molecular flexibility index (Phi) is 4.69. The molecular formula is C23H20N8O. The van der Waals surface area contributed by atoms with E-state index in [9.17, 15) is 15.6 Å². The topological polar surface area (TPSA) is 129 Å². The summed E-state index contributed by atoms with van der Waals surface area (Å²) in [7, 11) is 1.79. The van der Waals surface area contributed by atoms with Gasteiger partial charge in [0.15, 0.2) is 0 Å². The third-order valence-electron chi connectivity index (χ3n) is 6.19. The Hall–Kier alpha value is -4.08. The zero-order chi connectivity index (χ0) is 22.3. The van der Waals surface area contributed by atoms with E-state index in [2.05, 4.69) is 27.3 Å². The fourth-order valence-electron chi connectivity index (χ4n) is 4.43. The Morgan fingerprint density at radius 1 is 1.19 bits per heavy atom. The van der Waals surface area contributed by atoms with Gasteiger partial charge >= 0.3 is 0 Å². The van der Waals surface area contributed by atoms with Gasteiger partial charge in [0.2, 0.25) is 0 Å². The van der Waals surface area contributed by atoms with E-state index in [4.69, 9.17) is 5.10 Å². The standard InChI is InChI=1S/C23H20N8O/c1-30-17(14-32)9-20(28-30)16-7-19(18-3-2-6-26-21(18)8-16)22-13-27-31(29-22)23(4-5-24)10-15(11-23)12-25/h2-3,6-9,13,15,32H,4,10-11,14H2,1H3/t15-,23-. The zero-order valence-corrected chi connectivity index (χ0v) is 17.5. The van der Waals surface area contributed by atoms with Crippen molar-refractivity contribution in [3.8, 4) is 34.7 Å². The van der Waals surface area contributed by atoms with E-state index >= 15 is 0 Å². The lowest BCUT2D eigenvalue weighted by Crippen LogP contribution is -2.47. The summed E-state index contributed by atoms with van der Waals surface area (Å²) in [6.45, 7) is -0.0961. The van der Waals surface area contributed by atoms with Crippen molar-refractivity contribution in [2.75, 3.05) is 0 Å². The molecule has 1 aromatic carbocycles. The Balaban J connectivity index is 1.62. The van der Waals surface area contributed by atoms with Crippen LogP contribution in [0.3, 0.4) is 0 Å². The molecule has 0 spiro atoms. The molecular weight excluding hydrogens is 404 g/mol. The average molecular weight is 424 g/mol. The van der Waals surface area contributed by atoms with Crippen LogP contribution in [0.4, 0.5) is 0 Å². The number of aryl methyl sites for hydroxylation is 1. The lowest BCUT2D eigenvalue weighted by atomic mass is 9.68. The van der Waals surface area contributed by atoms with Crippen LogP contribution >= 0.6 is 0 Å². The summed E-state index contributed by atoms with van der Waals surface area (Å²) < 4.78 is 1.65. The molecule has 1 fully saturated rings. The summed E-state index contributed by atoms with van der Waals surface area (Å²) in [5.41, 5.74) is 4.09. The molecule has 0 saturated heterocycles. The normalized spacial score (nSPS) is 19.9. The number of hydrogen-bond donors (Lipinski definition) is 1. The largest absolute Gasteiger partial charge is 0.390 e. The van der Waals surface area contributed by atoms with Crippen molar-refractivity contribution in [1.82, 2.24) is 29.8 Å². The smallest absolute Gasteiger partial charge is 0.113 e. The van der Waals surface area contributed by atoms with Crippen molar-refractivity contribution in [3.63, 3.8) is 0 Å². The third kappa shape index (κ3) is 3.11. The molecule has 5 rings (SSSR count). The maximum Gasteiger partial charge on any atom is 0.113 e. The third-order valence-corrected chi connectivity index (χ3v) is 6.19. The fraction of sp³-hybridized carbons (Fsp3) is 0.304. The number of nitriles is 2. The second-order valence-corrected chi connectivity index (χ2v) is 8.21. The Morgan fingerprint density at radius 3 is 2.75 bits per heavy atom. The monoisotopic (exact) mass is 424 g/mol. The minimum atomic E-state index is -0.532. The number of fused-ring (bicyclic) bond motifs is 1. The molecule has 158 valence electrons. The first-order valence-corrected chi connectivity index (χ1v) is 10.3. The van der Waals surface area contributed by atoms with Crippen LogP contribution in [0.5, 0.6) is 0 Å². The molecule has 0 bridgehead atoms. The molecule has 9 heteroatoms. The van der Waals surface area contributed by atoms with E-state index in [-0.39, 0.29) is 18.9 Å². The van der Waals surface area contributed by atoms with E-state index in [0.717, 1.165) is 27.7 Å². The van der Waals surface area contributed by atoms with E-state index in [1.165, 1.54) is 0 Å². The van der Waals surface area contributed by atoms with Crippen molar-refractivity contribution in [1.29, 1.82) is 10.5 Å². The Labute approximate surface area is 184 Å². The lowest BCUT2D eigenvalue weighted by molar-refractivity contribution is 0.0713. The van der Waals surface area contributed by atoms with Crippen molar-refractivity contribution in [3.05, 3.63) is 48.4 Å². The van der Waals surface area contributed by atoms with Gasteiger partial charge < -0.3 is 5.11 Å². The fourth-order valence-corrected chi connectivity index (χ4v) is 4.43. The number of aliphatic hydroxyl groups is 1. The highest BCUT2D eigenvalue weighted by atomic mass is 16.3.